The highest BCUT2D eigenvalue weighted by Gasteiger charge is 2.12. The second kappa shape index (κ2) is 7.47. The van der Waals surface area contributed by atoms with Crippen molar-refractivity contribution in [1.82, 2.24) is 0 Å². The van der Waals surface area contributed by atoms with E-state index >= 15 is 0 Å². The van der Waals surface area contributed by atoms with E-state index in [1.807, 2.05) is 29.6 Å². The quantitative estimate of drug-likeness (QED) is 0.488. The van der Waals surface area contributed by atoms with Gasteiger partial charge < -0.3 is 11.1 Å². The largest absolute Gasteiger partial charge is 0.552 e. The molecule has 0 fully saturated rings. The minimum absolute atomic E-state index is 0.275. The number of benzene rings is 2. The summed E-state index contributed by atoms with van der Waals surface area (Å²) in [6.45, 7) is 1.47. The number of nitrogen functional groups attached to an aromatic ring is 1. The molecule has 3 rings (SSSR count). The summed E-state index contributed by atoms with van der Waals surface area (Å²) in [4.78, 5) is 13.5. The van der Waals surface area contributed by atoms with Crippen molar-refractivity contribution < 1.29 is 13.9 Å². The molecule has 3 N–H and O–H groups in total. The van der Waals surface area contributed by atoms with Crippen molar-refractivity contribution in [2.45, 2.75) is 0 Å². The highest BCUT2D eigenvalue weighted by Crippen LogP contribution is 2.30. The lowest BCUT2D eigenvalue weighted by atomic mass is 10.1. The van der Waals surface area contributed by atoms with E-state index in [0.29, 0.717) is 22.7 Å². The number of anilines is 2. The summed E-state index contributed by atoms with van der Waals surface area (Å²) in [5.74, 6) is 0.182. The van der Waals surface area contributed by atoms with Crippen LogP contribution in [0.1, 0.15) is 10.4 Å². The van der Waals surface area contributed by atoms with Crippen molar-refractivity contribution in [2.75, 3.05) is 17.7 Å². The smallest absolute Gasteiger partial charge is 0.397 e. The molecule has 0 saturated heterocycles. The zero-order valence-corrected chi connectivity index (χ0v) is 15.1. The predicted molar refractivity (Wildman–Crippen MR) is 103 cm³/mol. The van der Waals surface area contributed by atoms with Gasteiger partial charge in [0.15, 0.2) is 12.4 Å². The molecule has 0 saturated carbocycles. The van der Waals surface area contributed by atoms with Gasteiger partial charge in [0.05, 0.1) is 11.4 Å². The van der Waals surface area contributed by atoms with E-state index in [9.17, 15) is 9.36 Å². The minimum atomic E-state index is -1.73. The molecule has 5 nitrogen and oxygen atoms in total. The fourth-order valence-corrected chi connectivity index (χ4v) is 3.41. The van der Waals surface area contributed by atoms with Crippen molar-refractivity contribution in [1.29, 1.82) is 0 Å². The van der Waals surface area contributed by atoms with Crippen molar-refractivity contribution >= 4 is 36.6 Å². The summed E-state index contributed by atoms with van der Waals surface area (Å²) in [5, 5.41) is 4.83. The van der Waals surface area contributed by atoms with Gasteiger partial charge in [-0.2, -0.15) is 0 Å². The molecule has 1 aromatic heterocycles. The van der Waals surface area contributed by atoms with Crippen LogP contribution in [0.2, 0.25) is 0 Å². The Morgan fingerprint density at radius 1 is 1.16 bits per heavy atom. The zero-order chi connectivity index (χ0) is 17.8. The molecule has 126 valence electrons. The van der Waals surface area contributed by atoms with Crippen LogP contribution in [0.15, 0.2) is 60.0 Å². The monoisotopic (exact) mass is 371 g/mol. The van der Waals surface area contributed by atoms with Crippen molar-refractivity contribution in [3.8, 4) is 16.2 Å². The van der Waals surface area contributed by atoms with E-state index < -0.39 is 8.03 Å². The van der Waals surface area contributed by atoms with Gasteiger partial charge in [-0.3, -0.25) is 9.32 Å². The van der Waals surface area contributed by atoms with Crippen LogP contribution in [0.4, 0.5) is 11.4 Å². The summed E-state index contributed by atoms with van der Waals surface area (Å²) in [6.07, 6.45) is 0. The van der Waals surface area contributed by atoms with Crippen molar-refractivity contribution in [3.63, 3.8) is 0 Å². The van der Waals surface area contributed by atoms with Crippen molar-refractivity contribution in [2.24, 2.45) is 0 Å². The van der Waals surface area contributed by atoms with Gasteiger partial charge in [-0.25, -0.2) is 0 Å². The Labute approximate surface area is 150 Å². The van der Waals surface area contributed by atoms with Gasteiger partial charge >= 0.3 is 8.03 Å². The third-order valence-corrected chi connectivity index (χ3v) is 4.84. The Balaban J connectivity index is 1.78. The fourth-order valence-electron chi connectivity index (χ4n) is 2.27. The van der Waals surface area contributed by atoms with E-state index in [1.165, 1.54) is 6.66 Å². The van der Waals surface area contributed by atoms with Gasteiger partial charge in [0.25, 0.3) is 5.91 Å². The SMILES string of the molecule is C[P+](=O)Oc1ccc(C(=O)Nc2cc(-c3cccs3)ccc2N)cc1. The van der Waals surface area contributed by atoms with Crippen LogP contribution in [-0.4, -0.2) is 12.6 Å². The van der Waals surface area contributed by atoms with Gasteiger partial charge in [0.2, 0.25) is 0 Å². The van der Waals surface area contributed by atoms with Gasteiger partial charge in [0, 0.05) is 10.4 Å². The minimum Gasteiger partial charge on any atom is -0.397 e. The van der Waals surface area contributed by atoms with Crippen LogP contribution < -0.4 is 15.6 Å². The molecule has 0 aliphatic carbocycles. The molecule has 0 bridgehead atoms. The van der Waals surface area contributed by atoms with E-state index in [1.54, 1.807) is 41.7 Å². The number of hydrogen-bond acceptors (Lipinski definition) is 5. The molecule has 25 heavy (non-hydrogen) atoms. The van der Waals surface area contributed by atoms with Crippen LogP contribution in [0.25, 0.3) is 10.4 Å². The zero-order valence-electron chi connectivity index (χ0n) is 13.4. The van der Waals surface area contributed by atoms with Crippen LogP contribution in [-0.2, 0) is 4.57 Å². The first kappa shape index (κ1) is 17.1. The number of amides is 1. The van der Waals surface area contributed by atoms with E-state index in [4.69, 9.17) is 10.3 Å². The number of nitrogens with one attached hydrogen (secondary N) is 1. The Bertz CT molecular complexity index is 909. The lowest BCUT2D eigenvalue weighted by Gasteiger charge is -2.10. The first-order valence-electron chi connectivity index (χ1n) is 7.46. The van der Waals surface area contributed by atoms with E-state index in [0.717, 1.165) is 10.4 Å². The molecule has 0 aliphatic heterocycles. The Morgan fingerprint density at radius 3 is 2.56 bits per heavy atom. The second-order valence-corrected chi connectivity index (χ2v) is 7.30. The Hall–Kier alpha value is -2.69. The average Bonchev–Trinajstić information content (AvgIpc) is 3.11. The first-order valence-corrected chi connectivity index (χ1v) is 9.97. The lowest BCUT2D eigenvalue weighted by Crippen LogP contribution is -2.13. The van der Waals surface area contributed by atoms with Crippen LogP contribution in [0.3, 0.4) is 0 Å². The van der Waals surface area contributed by atoms with Crippen LogP contribution >= 0.6 is 19.4 Å². The molecule has 1 amide bonds. The highest BCUT2D eigenvalue weighted by molar-refractivity contribution is 7.38. The molecule has 0 spiro atoms. The van der Waals surface area contributed by atoms with Gasteiger partial charge in [-0.1, -0.05) is 12.1 Å². The number of carbonyl (C=O) groups is 1. The molecule has 7 heteroatoms. The Kier molecular flexibility index (Phi) is 5.12. The number of rotatable bonds is 5. The van der Waals surface area contributed by atoms with E-state index in [-0.39, 0.29) is 5.91 Å². The summed E-state index contributed by atoms with van der Waals surface area (Å²) in [5.41, 5.74) is 8.50. The normalized spacial score (nSPS) is 11.0. The van der Waals surface area contributed by atoms with Crippen LogP contribution in [0.5, 0.6) is 5.75 Å². The Morgan fingerprint density at radius 2 is 1.92 bits per heavy atom. The maximum absolute atomic E-state index is 12.4. The number of hydrogen-bond donors (Lipinski definition) is 2. The molecule has 1 atom stereocenters. The van der Waals surface area contributed by atoms with Crippen molar-refractivity contribution in [3.05, 3.63) is 65.5 Å². The maximum atomic E-state index is 12.4. The fraction of sp³-hybridized carbons (Fsp3) is 0.0556. The third-order valence-electron chi connectivity index (χ3n) is 3.46. The van der Waals surface area contributed by atoms with Gasteiger partial charge in [-0.15, -0.1) is 11.3 Å². The summed E-state index contributed by atoms with van der Waals surface area (Å²) in [7, 11) is -1.73. The number of thiophene rings is 1. The molecular formula is C18H16N2O3PS+. The lowest BCUT2D eigenvalue weighted by molar-refractivity contribution is 0.102. The first-order chi connectivity index (χ1) is 12.0. The predicted octanol–water partition coefficient (Wildman–Crippen LogP) is 5.00. The number of nitrogens with two attached hydrogens (primary N) is 1. The second-order valence-electron chi connectivity index (χ2n) is 5.29. The van der Waals surface area contributed by atoms with Gasteiger partial charge in [-0.05, 0) is 58.0 Å². The summed E-state index contributed by atoms with van der Waals surface area (Å²) < 4.78 is 16.2. The summed E-state index contributed by atoms with van der Waals surface area (Å²) in [6, 6.07) is 16.0. The average molecular weight is 371 g/mol. The molecule has 3 aromatic rings. The standard InChI is InChI=1S/C18H15N2O3PS/c1-24(22)23-14-7-4-12(5-8-14)18(21)20-16-11-13(6-9-15(16)19)17-3-2-10-25-17/h2-11H,19H2,1H3/p+1. The highest BCUT2D eigenvalue weighted by atomic mass is 32.1. The van der Waals surface area contributed by atoms with Crippen LogP contribution in [0, 0.1) is 0 Å². The molecular weight excluding hydrogens is 355 g/mol. The molecule has 1 unspecified atom stereocenters. The summed E-state index contributed by atoms with van der Waals surface area (Å²) >= 11 is 1.62. The van der Waals surface area contributed by atoms with Gasteiger partial charge in [0.1, 0.15) is 0 Å². The number of carbonyl (C=O) groups excluding carboxylic acids is 1. The third kappa shape index (κ3) is 4.24. The topological polar surface area (TPSA) is 81.4 Å². The van der Waals surface area contributed by atoms with E-state index in [2.05, 4.69) is 5.32 Å². The molecule has 2 aromatic carbocycles. The molecule has 0 radical (unpaired) electrons. The maximum Gasteiger partial charge on any atom is 0.552 e. The molecule has 1 heterocycles. The molecule has 0 aliphatic rings.